The van der Waals surface area contributed by atoms with E-state index in [1.165, 1.54) is 12.3 Å². The first kappa shape index (κ1) is 14.0. The molecular formula is C13H14ClF2N3. The van der Waals surface area contributed by atoms with Gasteiger partial charge in [-0.25, -0.2) is 8.78 Å². The molecule has 0 aliphatic rings. The Hall–Kier alpha value is -1.46. The highest BCUT2D eigenvalue weighted by atomic mass is 35.5. The monoisotopic (exact) mass is 285 g/mol. The summed E-state index contributed by atoms with van der Waals surface area (Å²) >= 11 is 6.07. The van der Waals surface area contributed by atoms with Crippen molar-refractivity contribution in [3.63, 3.8) is 0 Å². The predicted molar refractivity (Wildman–Crippen MR) is 70.2 cm³/mol. The Morgan fingerprint density at radius 3 is 2.53 bits per heavy atom. The molecule has 2 aromatic rings. The fourth-order valence-corrected chi connectivity index (χ4v) is 2.36. The molecular weight excluding hydrogens is 272 g/mol. The lowest BCUT2D eigenvalue weighted by Gasteiger charge is -2.19. The van der Waals surface area contributed by atoms with Crippen LogP contribution in [0.4, 0.5) is 8.78 Å². The maximum absolute atomic E-state index is 14.0. The highest BCUT2D eigenvalue weighted by Gasteiger charge is 2.23. The van der Waals surface area contributed by atoms with Gasteiger partial charge < -0.3 is 5.32 Å². The van der Waals surface area contributed by atoms with Gasteiger partial charge in [0.1, 0.15) is 11.6 Å². The Labute approximate surface area is 115 Å². The summed E-state index contributed by atoms with van der Waals surface area (Å²) in [7, 11) is 3.41. The largest absolute Gasteiger partial charge is 0.308 e. The SMILES string of the molecule is CNC(c1cc(C)c(F)cc1F)c1c(Cl)cnn1C. The number of nitrogens with one attached hydrogen (secondary N) is 1. The molecule has 1 aromatic heterocycles. The highest BCUT2D eigenvalue weighted by molar-refractivity contribution is 6.31. The van der Waals surface area contributed by atoms with E-state index >= 15 is 0 Å². The number of benzene rings is 1. The smallest absolute Gasteiger partial charge is 0.131 e. The van der Waals surface area contributed by atoms with E-state index in [1.54, 1.807) is 25.7 Å². The van der Waals surface area contributed by atoms with Gasteiger partial charge in [-0.3, -0.25) is 4.68 Å². The molecule has 0 fully saturated rings. The molecule has 102 valence electrons. The van der Waals surface area contributed by atoms with Crippen LogP contribution in [0.1, 0.15) is 22.9 Å². The zero-order chi connectivity index (χ0) is 14.2. The lowest BCUT2D eigenvalue weighted by Crippen LogP contribution is -2.22. The van der Waals surface area contributed by atoms with Gasteiger partial charge in [0.15, 0.2) is 0 Å². The third-order valence-corrected chi connectivity index (χ3v) is 3.38. The fraction of sp³-hybridized carbons (Fsp3) is 0.308. The maximum atomic E-state index is 14.0. The zero-order valence-corrected chi connectivity index (χ0v) is 11.6. The Morgan fingerprint density at radius 2 is 2.00 bits per heavy atom. The number of hydrogen-bond donors (Lipinski definition) is 1. The summed E-state index contributed by atoms with van der Waals surface area (Å²) in [5.41, 5.74) is 1.36. The fourth-order valence-electron chi connectivity index (χ4n) is 2.09. The molecule has 2 rings (SSSR count). The molecule has 19 heavy (non-hydrogen) atoms. The zero-order valence-electron chi connectivity index (χ0n) is 10.8. The van der Waals surface area contributed by atoms with Gasteiger partial charge in [0.25, 0.3) is 0 Å². The lowest BCUT2D eigenvalue weighted by atomic mass is 10.0. The van der Waals surface area contributed by atoms with Crippen molar-refractivity contribution in [2.24, 2.45) is 7.05 Å². The van der Waals surface area contributed by atoms with E-state index in [1.807, 2.05) is 0 Å². The number of nitrogens with zero attached hydrogens (tertiary/aromatic N) is 2. The molecule has 1 unspecified atom stereocenters. The van der Waals surface area contributed by atoms with E-state index in [0.717, 1.165) is 6.07 Å². The van der Waals surface area contributed by atoms with Gasteiger partial charge in [0.05, 0.1) is 23.0 Å². The van der Waals surface area contributed by atoms with Gasteiger partial charge >= 0.3 is 0 Å². The highest BCUT2D eigenvalue weighted by Crippen LogP contribution is 2.30. The Bertz CT molecular complexity index is 591. The Kier molecular flexibility index (Phi) is 3.87. The number of aryl methyl sites for hydroxylation is 2. The molecule has 0 aliphatic heterocycles. The topological polar surface area (TPSA) is 29.9 Å². The van der Waals surface area contributed by atoms with Crippen LogP contribution in [0.2, 0.25) is 5.02 Å². The van der Waals surface area contributed by atoms with Crippen LogP contribution in [0, 0.1) is 18.6 Å². The van der Waals surface area contributed by atoms with Crippen molar-refractivity contribution in [2.45, 2.75) is 13.0 Å². The van der Waals surface area contributed by atoms with Gasteiger partial charge in [0.2, 0.25) is 0 Å². The molecule has 0 spiro atoms. The third-order valence-electron chi connectivity index (χ3n) is 3.09. The van der Waals surface area contributed by atoms with Crippen LogP contribution >= 0.6 is 11.6 Å². The number of hydrogen-bond acceptors (Lipinski definition) is 2. The summed E-state index contributed by atoms with van der Waals surface area (Å²) < 4.78 is 28.9. The van der Waals surface area contributed by atoms with Crippen LogP contribution < -0.4 is 5.32 Å². The molecule has 3 nitrogen and oxygen atoms in total. The molecule has 0 saturated heterocycles. The molecule has 1 atom stereocenters. The first-order chi connectivity index (χ1) is 8.95. The minimum atomic E-state index is -0.611. The van der Waals surface area contributed by atoms with E-state index in [-0.39, 0.29) is 0 Å². The minimum Gasteiger partial charge on any atom is -0.308 e. The van der Waals surface area contributed by atoms with Crippen molar-refractivity contribution >= 4 is 11.6 Å². The molecule has 1 heterocycles. The summed E-state index contributed by atoms with van der Waals surface area (Å²) in [5.74, 6) is -1.17. The van der Waals surface area contributed by atoms with Gasteiger partial charge in [-0.05, 0) is 25.6 Å². The average Bonchev–Trinajstić information content (AvgIpc) is 2.68. The number of halogens is 3. The van der Waals surface area contributed by atoms with Gasteiger partial charge in [-0.2, -0.15) is 5.10 Å². The second-order valence-corrected chi connectivity index (χ2v) is 4.75. The standard InChI is InChI=1S/C13H14ClF2N3/c1-7-4-8(11(16)5-10(7)15)12(17-2)13-9(14)6-18-19(13)3/h4-6,12,17H,1-3H3. The minimum absolute atomic E-state index is 0.340. The summed E-state index contributed by atoms with van der Waals surface area (Å²) in [6, 6.07) is 1.88. The first-order valence-electron chi connectivity index (χ1n) is 5.76. The predicted octanol–water partition coefficient (Wildman–Crippen LogP) is 2.97. The summed E-state index contributed by atoms with van der Waals surface area (Å²) in [4.78, 5) is 0. The Balaban J connectivity index is 2.58. The van der Waals surface area contributed by atoms with Gasteiger partial charge in [-0.1, -0.05) is 11.6 Å². The van der Waals surface area contributed by atoms with Crippen LogP contribution in [0.3, 0.4) is 0 Å². The van der Waals surface area contributed by atoms with E-state index in [4.69, 9.17) is 11.6 Å². The first-order valence-corrected chi connectivity index (χ1v) is 6.13. The van der Waals surface area contributed by atoms with Crippen molar-refractivity contribution in [2.75, 3.05) is 7.05 Å². The average molecular weight is 286 g/mol. The van der Waals surface area contributed by atoms with Gasteiger partial charge in [-0.15, -0.1) is 0 Å². The number of aromatic nitrogens is 2. The van der Waals surface area contributed by atoms with Crippen molar-refractivity contribution in [3.8, 4) is 0 Å². The summed E-state index contributed by atoms with van der Waals surface area (Å²) in [6.45, 7) is 1.59. The van der Waals surface area contributed by atoms with Crippen LogP contribution in [-0.4, -0.2) is 16.8 Å². The van der Waals surface area contributed by atoms with Crippen LogP contribution in [0.25, 0.3) is 0 Å². The molecule has 0 aliphatic carbocycles. The molecule has 0 bridgehead atoms. The van der Waals surface area contributed by atoms with E-state index in [0.29, 0.717) is 21.8 Å². The molecule has 6 heteroatoms. The quantitative estimate of drug-likeness (QED) is 0.940. The van der Waals surface area contributed by atoms with Crippen LogP contribution in [0.5, 0.6) is 0 Å². The van der Waals surface area contributed by atoms with Crippen molar-refractivity contribution in [1.29, 1.82) is 0 Å². The normalized spacial score (nSPS) is 12.7. The van der Waals surface area contributed by atoms with Crippen LogP contribution in [0.15, 0.2) is 18.3 Å². The maximum Gasteiger partial charge on any atom is 0.131 e. The van der Waals surface area contributed by atoms with Gasteiger partial charge in [0, 0.05) is 18.7 Å². The van der Waals surface area contributed by atoms with Crippen LogP contribution in [-0.2, 0) is 7.05 Å². The molecule has 1 aromatic carbocycles. The lowest BCUT2D eigenvalue weighted by molar-refractivity contribution is 0.533. The molecule has 0 radical (unpaired) electrons. The summed E-state index contributed by atoms with van der Waals surface area (Å²) in [6.07, 6.45) is 1.50. The number of rotatable bonds is 3. The molecule has 0 saturated carbocycles. The van der Waals surface area contributed by atoms with E-state index in [9.17, 15) is 8.78 Å². The third kappa shape index (κ3) is 2.48. The van der Waals surface area contributed by atoms with Crippen molar-refractivity contribution in [3.05, 3.63) is 51.8 Å². The molecule has 1 N–H and O–H groups in total. The van der Waals surface area contributed by atoms with Crippen molar-refractivity contribution < 1.29 is 8.78 Å². The summed E-state index contributed by atoms with van der Waals surface area (Å²) in [5, 5.41) is 7.44. The molecule has 0 amide bonds. The van der Waals surface area contributed by atoms with E-state index in [2.05, 4.69) is 10.4 Å². The Morgan fingerprint density at radius 1 is 1.32 bits per heavy atom. The van der Waals surface area contributed by atoms with E-state index < -0.39 is 17.7 Å². The second kappa shape index (κ2) is 5.27. The van der Waals surface area contributed by atoms with Crippen molar-refractivity contribution in [1.82, 2.24) is 15.1 Å². The second-order valence-electron chi connectivity index (χ2n) is 4.35.